The number of alkyl halides is 3. The molecule has 1 aromatic rings. The Bertz CT molecular complexity index is 493. The Balaban J connectivity index is 1.92. The quantitative estimate of drug-likeness (QED) is 0.906. The molecular weight excluding hydrogens is 267 g/mol. The number of nitrogens with zero attached hydrogens (tertiary/aromatic N) is 2. The Hall–Kier alpha value is -1.04. The molecule has 2 atom stereocenters. The number of hydrogen-bond acceptors (Lipinski definition) is 2. The first kappa shape index (κ1) is 13.9. The van der Waals surface area contributed by atoms with Gasteiger partial charge >= 0.3 is 6.18 Å². The van der Waals surface area contributed by atoms with Gasteiger partial charge in [-0.15, -0.1) is 0 Å². The third kappa shape index (κ3) is 2.57. The van der Waals surface area contributed by atoms with Gasteiger partial charge in [0, 0.05) is 31.7 Å². The smallest absolute Gasteiger partial charge is 0.324 e. The lowest BCUT2D eigenvalue weighted by atomic mass is 10.1. The third-order valence-corrected chi connectivity index (χ3v) is 4.48. The molecule has 1 N–H and O–H groups in total. The molecule has 0 radical (unpaired) electrons. The van der Waals surface area contributed by atoms with E-state index in [2.05, 4.69) is 17.2 Å². The lowest BCUT2D eigenvalue weighted by molar-refractivity contribution is -0.147. The van der Waals surface area contributed by atoms with Crippen molar-refractivity contribution in [1.82, 2.24) is 14.9 Å². The molecule has 112 valence electrons. The van der Waals surface area contributed by atoms with Gasteiger partial charge in [0.05, 0.1) is 5.69 Å². The molecule has 0 bridgehead atoms. The van der Waals surface area contributed by atoms with Gasteiger partial charge in [-0.25, -0.2) is 4.98 Å². The highest BCUT2D eigenvalue weighted by Crippen LogP contribution is 2.36. The van der Waals surface area contributed by atoms with Crippen LogP contribution in [0.1, 0.15) is 43.4 Å². The van der Waals surface area contributed by atoms with Crippen LogP contribution in [0.25, 0.3) is 0 Å². The fraction of sp³-hybridized carbons (Fsp3) is 0.786. The van der Waals surface area contributed by atoms with Gasteiger partial charge in [-0.05, 0) is 24.7 Å². The molecule has 2 unspecified atom stereocenters. The molecule has 3 nitrogen and oxygen atoms in total. The SMILES string of the molecule is CC1CCC(Cn2c(C(F)(F)F)nc3c2CCNC3)C1. The van der Waals surface area contributed by atoms with Crippen LogP contribution in [0, 0.1) is 11.8 Å². The van der Waals surface area contributed by atoms with Crippen molar-refractivity contribution in [3.63, 3.8) is 0 Å². The van der Waals surface area contributed by atoms with E-state index >= 15 is 0 Å². The molecule has 1 aliphatic heterocycles. The summed E-state index contributed by atoms with van der Waals surface area (Å²) in [6.45, 7) is 3.84. The van der Waals surface area contributed by atoms with E-state index in [1.54, 1.807) is 0 Å². The van der Waals surface area contributed by atoms with Crippen molar-refractivity contribution >= 4 is 0 Å². The predicted molar refractivity (Wildman–Crippen MR) is 69.1 cm³/mol. The zero-order valence-corrected chi connectivity index (χ0v) is 11.6. The van der Waals surface area contributed by atoms with E-state index in [1.807, 2.05) is 0 Å². The summed E-state index contributed by atoms with van der Waals surface area (Å²) in [7, 11) is 0. The van der Waals surface area contributed by atoms with Crippen LogP contribution in [0.15, 0.2) is 0 Å². The average Bonchev–Trinajstić information content (AvgIpc) is 2.94. The van der Waals surface area contributed by atoms with Gasteiger partial charge in [0.15, 0.2) is 0 Å². The Morgan fingerprint density at radius 3 is 2.80 bits per heavy atom. The topological polar surface area (TPSA) is 29.9 Å². The van der Waals surface area contributed by atoms with E-state index in [4.69, 9.17) is 0 Å². The molecule has 0 aromatic carbocycles. The van der Waals surface area contributed by atoms with Crippen molar-refractivity contribution in [1.29, 1.82) is 0 Å². The van der Waals surface area contributed by atoms with Crippen LogP contribution in [-0.2, 0) is 25.7 Å². The molecular formula is C14H20F3N3. The molecule has 20 heavy (non-hydrogen) atoms. The average molecular weight is 287 g/mol. The number of nitrogens with one attached hydrogen (secondary N) is 1. The van der Waals surface area contributed by atoms with Crippen LogP contribution in [0.4, 0.5) is 13.2 Å². The minimum absolute atomic E-state index is 0.360. The second-order valence-corrected chi connectivity index (χ2v) is 6.15. The zero-order valence-electron chi connectivity index (χ0n) is 11.6. The second kappa shape index (κ2) is 5.06. The van der Waals surface area contributed by atoms with Crippen LogP contribution in [-0.4, -0.2) is 16.1 Å². The van der Waals surface area contributed by atoms with Crippen LogP contribution >= 0.6 is 0 Å². The highest BCUT2D eigenvalue weighted by Gasteiger charge is 2.40. The molecule has 3 rings (SSSR count). The van der Waals surface area contributed by atoms with Crippen LogP contribution < -0.4 is 5.32 Å². The fourth-order valence-corrected chi connectivity index (χ4v) is 3.53. The van der Waals surface area contributed by atoms with Crippen molar-refractivity contribution < 1.29 is 13.2 Å². The number of fused-ring (bicyclic) bond motifs is 1. The first-order chi connectivity index (χ1) is 9.45. The number of rotatable bonds is 2. The number of aromatic nitrogens is 2. The van der Waals surface area contributed by atoms with E-state index < -0.39 is 12.0 Å². The van der Waals surface area contributed by atoms with Gasteiger partial charge in [-0.1, -0.05) is 13.3 Å². The van der Waals surface area contributed by atoms with Gasteiger partial charge in [0.2, 0.25) is 5.82 Å². The molecule has 1 saturated carbocycles. The Kier molecular flexibility index (Phi) is 3.52. The van der Waals surface area contributed by atoms with Crippen LogP contribution in [0.5, 0.6) is 0 Å². The zero-order chi connectivity index (χ0) is 14.3. The summed E-state index contributed by atoms with van der Waals surface area (Å²) in [5, 5.41) is 3.09. The summed E-state index contributed by atoms with van der Waals surface area (Å²) in [4.78, 5) is 3.86. The van der Waals surface area contributed by atoms with E-state index in [-0.39, 0.29) is 0 Å². The summed E-state index contributed by atoms with van der Waals surface area (Å²) in [6, 6.07) is 0. The standard InChI is InChI=1S/C14H20F3N3/c1-9-2-3-10(6-9)8-20-12-4-5-18-7-11(12)19-13(20)14(15,16)17/h9-10,18H,2-8H2,1H3. The van der Waals surface area contributed by atoms with Crippen molar-refractivity contribution in [2.24, 2.45) is 11.8 Å². The van der Waals surface area contributed by atoms with E-state index in [0.717, 1.165) is 31.5 Å². The normalized spacial score (nSPS) is 26.8. The summed E-state index contributed by atoms with van der Waals surface area (Å²) in [5.41, 5.74) is 1.37. The Labute approximate surface area is 116 Å². The van der Waals surface area contributed by atoms with Gasteiger partial charge in [-0.2, -0.15) is 13.2 Å². The lowest BCUT2D eigenvalue weighted by Crippen LogP contribution is -2.26. The molecule has 1 aromatic heterocycles. The maximum Gasteiger partial charge on any atom is 0.449 e. The molecule has 0 saturated heterocycles. The first-order valence-electron chi connectivity index (χ1n) is 7.31. The fourth-order valence-electron chi connectivity index (χ4n) is 3.53. The first-order valence-corrected chi connectivity index (χ1v) is 7.31. The maximum atomic E-state index is 13.2. The summed E-state index contributed by atoms with van der Waals surface area (Å²) in [5.74, 6) is 0.292. The lowest BCUT2D eigenvalue weighted by Gasteiger charge is -2.19. The number of halogens is 3. The molecule has 1 fully saturated rings. The highest BCUT2D eigenvalue weighted by atomic mass is 19.4. The van der Waals surface area contributed by atoms with Crippen LogP contribution in [0.3, 0.4) is 0 Å². The van der Waals surface area contributed by atoms with Gasteiger partial charge in [0.1, 0.15) is 0 Å². The monoisotopic (exact) mass is 287 g/mol. The van der Waals surface area contributed by atoms with Crippen LogP contribution in [0.2, 0.25) is 0 Å². The van der Waals surface area contributed by atoms with Gasteiger partial charge < -0.3 is 9.88 Å². The summed E-state index contributed by atoms with van der Waals surface area (Å²) in [6.07, 6.45) is -0.529. The molecule has 2 heterocycles. The van der Waals surface area contributed by atoms with Crippen molar-refractivity contribution in [3.8, 4) is 0 Å². The van der Waals surface area contributed by atoms with E-state index in [9.17, 15) is 13.2 Å². The van der Waals surface area contributed by atoms with E-state index in [0.29, 0.717) is 37.0 Å². The van der Waals surface area contributed by atoms with Crippen molar-refractivity contribution in [3.05, 3.63) is 17.2 Å². The number of imidazole rings is 1. The second-order valence-electron chi connectivity index (χ2n) is 6.15. The molecule has 0 spiro atoms. The molecule has 1 aliphatic carbocycles. The number of hydrogen-bond donors (Lipinski definition) is 1. The Morgan fingerprint density at radius 2 is 2.15 bits per heavy atom. The third-order valence-electron chi connectivity index (χ3n) is 4.48. The summed E-state index contributed by atoms with van der Waals surface area (Å²) < 4.78 is 41.0. The largest absolute Gasteiger partial charge is 0.449 e. The molecule has 6 heteroatoms. The van der Waals surface area contributed by atoms with E-state index in [1.165, 1.54) is 4.57 Å². The van der Waals surface area contributed by atoms with Gasteiger partial charge in [0.25, 0.3) is 0 Å². The van der Waals surface area contributed by atoms with Gasteiger partial charge in [-0.3, -0.25) is 0 Å². The molecule has 2 aliphatic rings. The minimum Gasteiger partial charge on any atom is -0.324 e. The van der Waals surface area contributed by atoms with Crippen molar-refractivity contribution in [2.45, 2.75) is 51.9 Å². The summed E-state index contributed by atoms with van der Waals surface area (Å²) >= 11 is 0. The molecule has 0 amide bonds. The minimum atomic E-state index is -4.36. The Morgan fingerprint density at radius 1 is 1.35 bits per heavy atom. The highest BCUT2D eigenvalue weighted by molar-refractivity contribution is 5.21. The maximum absolute atomic E-state index is 13.2. The predicted octanol–water partition coefficient (Wildman–Crippen LogP) is 2.98. The van der Waals surface area contributed by atoms with Crippen molar-refractivity contribution in [2.75, 3.05) is 6.54 Å².